The average Bonchev–Trinajstić information content (AvgIpc) is 3.36. The first-order valence-electron chi connectivity index (χ1n) is 16.0. The number of carbonyl (C=O) groups excluding carboxylic acids is 2. The predicted molar refractivity (Wildman–Crippen MR) is 187 cm³/mol. The van der Waals surface area contributed by atoms with E-state index in [0.717, 1.165) is 23.2 Å². The highest BCUT2D eigenvalue weighted by molar-refractivity contribution is 7.88. The second kappa shape index (κ2) is 15.5. The Morgan fingerprint density at radius 2 is 1.62 bits per heavy atom. The average molecular weight is 701 g/mol. The first-order valence-corrected chi connectivity index (χ1v) is 18.6. The Bertz CT molecular complexity index is 1660. The van der Waals surface area contributed by atoms with E-state index >= 15 is 0 Å². The fraction of sp³-hybridized carbons (Fsp3) is 0.429. The van der Waals surface area contributed by atoms with Crippen LogP contribution in [0.15, 0.2) is 72.8 Å². The Kier molecular flexibility index (Phi) is 11.6. The molecular weight excluding hydrogens is 657 g/mol. The van der Waals surface area contributed by atoms with E-state index in [2.05, 4.69) is 27.2 Å². The van der Waals surface area contributed by atoms with Crippen LogP contribution in [0.25, 0.3) is 0 Å². The molecule has 2 aliphatic heterocycles. The van der Waals surface area contributed by atoms with Gasteiger partial charge in [-0.05, 0) is 47.5 Å². The van der Waals surface area contributed by atoms with Gasteiger partial charge in [-0.25, -0.2) is 12.7 Å². The van der Waals surface area contributed by atoms with Crippen molar-refractivity contribution in [3.8, 4) is 0 Å². The van der Waals surface area contributed by atoms with E-state index in [4.69, 9.17) is 23.2 Å². The van der Waals surface area contributed by atoms with Crippen LogP contribution in [0.2, 0.25) is 10.0 Å². The molecule has 252 valence electrons. The molecule has 2 unspecified atom stereocenters. The number of carbonyl (C=O) groups is 2. The standard InChI is InChI=1S/C35H43Cl2N5O4S/c1-4-42(47(3,45)46)24-33(29-11-7-8-12-30(29)37)40-17-19-41(20-18-40)35(44)31(21-25-13-15-27(36)16-14-25)38-34(43)22-32-28-10-6-5-9-26(28)23-39(32)2/h5-16,31-33H,4,17-24H2,1-3H3,(H,38,43)/t31-,32?,33?/m1/s1. The molecule has 3 aromatic carbocycles. The third-order valence-electron chi connectivity index (χ3n) is 9.26. The van der Waals surface area contributed by atoms with Gasteiger partial charge in [0.05, 0.1) is 12.3 Å². The van der Waals surface area contributed by atoms with Crippen molar-refractivity contribution >= 4 is 45.0 Å². The van der Waals surface area contributed by atoms with Gasteiger partial charge in [0.25, 0.3) is 0 Å². The molecule has 3 atom stereocenters. The maximum atomic E-state index is 14.1. The molecule has 12 heteroatoms. The minimum Gasteiger partial charge on any atom is -0.344 e. The fourth-order valence-electron chi connectivity index (χ4n) is 6.69. The van der Waals surface area contributed by atoms with Crippen LogP contribution < -0.4 is 5.32 Å². The van der Waals surface area contributed by atoms with E-state index in [9.17, 15) is 18.0 Å². The van der Waals surface area contributed by atoms with E-state index in [-0.39, 0.29) is 36.9 Å². The maximum absolute atomic E-state index is 14.1. The number of sulfonamides is 1. The zero-order chi connectivity index (χ0) is 33.7. The van der Waals surface area contributed by atoms with Gasteiger partial charge in [0, 0.05) is 74.7 Å². The Morgan fingerprint density at radius 1 is 0.957 bits per heavy atom. The quantitative estimate of drug-likeness (QED) is 0.293. The number of hydrogen-bond acceptors (Lipinski definition) is 6. The molecule has 5 rings (SSSR count). The van der Waals surface area contributed by atoms with Gasteiger partial charge in [-0.1, -0.05) is 84.7 Å². The van der Waals surface area contributed by atoms with Crippen molar-refractivity contribution in [1.82, 2.24) is 24.3 Å². The maximum Gasteiger partial charge on any atom is 0.245 e. The molecule has 0 radical (unpaired) electrons. The zero-order valence-corrected chi connectivity index (χ0v) is 29.4. The summed E-state index contributed by atoms with van der Waals surface area (Å²) in [6, 6.07) is 21.9. The van der Waals surface area contributed by atoms with Gasteiger partial charge in [-0.15, -0.1) is 0 Å². The second-order valence-electron chi connectivity index (χ2n) is 12.4. The topological polar surface area (TPSA) is 93.3 Å². The van der Waals surface area contributed by atoms with Crippen LogP contribution in [0.1, 0.15) is 47.7 Å². The summed E-state index contributed by atoms with van der Waals surface area (Å²) in [6.45, 7) is 5.09. The van der Waals surface area contributed by atoms with E-state index in [1.807, 2.05) is 62.5 Å². The Hall–Kier alpha value is -2.99. The lowest BCUT2D eigenvalue weighted by atomic mass is 10.0. The number of piperazine rings is 1. The van der Waals surface area contributed by atoms with Crippen LogP contribution in [0.4, 0.5) is 0 Å². The van der Waals surface area contributed by atoms with Gasteiger partial charge >= 0.3 is 0 Å². The molecule has 0 aromatic heterocycles. The first-order chi connectivity index (χ1) is 22.4. The summed E-state index contributed by atoms with van der Waals surface area (Å²) >= 11 is 12.7. The third-order valence-corrected chi connectivity index (χ3v) is 11.2. The number of nitrogens with zero attached hydrogens (tertiary/aromatic N) is 4. The smallest absolute Gasteiger partial charge is 0.245 e. The van der Waals surface area contributed by atoms with Crippen molar-refractivity contribution in [2.24, 2.45) is 0 Å². The minimum atomic E-state index is -3.43. The molecule has 1 saturated heterocycles. The van der Waals surface area contributed by atoms with Crippen molar-refractivity contribution in [2.75, 3.05) is 52.6 Å². The number of benzene rings is 3. The Labute approximate surface area is 288 Å². The molecule has 0 aliphatic carbocycles. The third kappa shape index (κ3) is 8.73. The molecule has 0 saturated carbocycles. The lowest BCUT2D eigenvalue weighted by molar-refractivity contribution is -0.138. The second-order valence-corrected chi connectivity index (χ2v) is 15.2. The van der Waals surface area contributed by atoms with Crippen molar-refractivity contribution < 1.29 is 18.0 Å². The lowest BCUT2D eigenvalue weighted by Gasteiger charge is -2.41. The number of likely N-dealkylation sites (N-methyl/N-ethyl adjacent to an activating group) is 1. The van der Waals surface area contributed by atoms with Crippen LogP contribution in [0.5, 0.6) is 0 Å². The van der Waals surface area contributed by atoms with E-state index in [1.54, 1.807) is 17.0 Å². The van der Waals surface area contributed by atoms with Crippen molar-refractivity contribution in [3.05, 3.63) is 105 Å². The van der Waals surface area contributed by atoms with Gasteiger partial charge in [-0.3, -0.25) is 19.4 Å². The fourth-order valence-corrected chi connectivity index (χ4v) is 7.96. The van der Waals surface area contributed by atoms with Gasteiger partial charge in [0.1, 0.15) is 6.04 Å². The molecule has 0 spiro atoms. The Balaban J connectivity index is 1.31. The normalized spacial score (nSPS) is 18.6. The lowest BCUT2D eigenvalue weighted by Crippen LogP contribution is -2.56. The van der Waals surface area contributed by atoms with Crippen LogP contribution >= 0.6 is 23.2 Å². The molecule has 2 amide bonds. The number of nitrogens with one attached hydrogen (secondary N) is 1. The SMILES string of the molecule is CCN(CC(c1ccccc1Cl)N1CCN(C(=O)[C@@H](Cc2ccc(Cl)cc2)NC(=O)CC2c3ccccc3CN2C)CC1)S(C)(=O)=O. The van der Waals surface area contributed by atoms with Gasteiger partial charge in [0.2, 0.25) is 21.8 Å². The number of rotatable bonds is 12. The van der Waals surface area contributed by atoms with Gasteiger partial charge in [-0.2, -0.15) is 0 Å². The number of fused-ring (bicyclic) bond motifs is 1. The number of halogens is 2. The summed E-state index contributed by atoms with van der Waals surface area (Å²) in [5.41, 5.74) is 4.11. The Morgan fingerprint density at radius 3 is 2.28 bits per heavy atom. The van der Waals surface area contributed by atoms with Crippen LogP contribution in [0, 0.1) is 0 Å². The van der Waals surface area contributed by atoms with E-state index in [0.29, 0.717) is 49.2 Å². The molecule has 1 N–H and O–H groups in total. The summed E-state index contributed by atoms with van der Waals surface area (Å²) in [4.78, 5) is 33.8. The predicted octanol–water partition coefficient (Wildman–Crippen LogP) is 4.76. The molecule has 0 bridgehead atoms. The van der Waals surface area contributed by atoms with Gasteiger partial charge < -0.3 is 10.2 Å². The first kappa shape index (κ1) is 35.3. The van der Waals surface area contributed by atoms with Crippen molar-refractivity contribution in [2.45, 2.75) is 44.4 Å². The molecule has 2 aliphatic rings. The van der Waals surface area contributed by atoms with Crippen LogP contribution in [-0.2, 0) is 32.6 Å². The number of hydrogen-bond donors (Lipinski definition) is 1. The van der Waals surface area contributed by atoms with Crippen LogP contribution in [0.3, 0.4) is 0 Å². The van der Waals surface area contributed by atoms with Gasteiger partial charge in [0.15, 0.2) is 0 Å². The summed E-state index contributed by atoms with van der Waals surface area (Å²) in [7, 11) is -1.42. The highest BCUT2D eigenvalue weighted by atomic mass is 35.5. The molecule has 9 nitrogen and oxygen atoms in total. The summed E-state index contributed by atoms with van der Waals surface area (Å²) in [5, 5.41) is 4.25. The highest BCUT2D eigenvalue weighted by Crippen LogP contribution is 2.34. The molecule has 47 heavy (non-hydrogen) atoms. The highest BCUT2D eigenvalue weighted by Gasteiger charge is 2.35. The van der Waals surface area contributed by atoms with E-state index < -0.39 is 16.1 Å². The zero-order valence-electron chi connectivity index (χ0n) is 27.1. The molecule has 2 heterocycles. The minimum absolute atomic E-state index is 0.0580. The summed E-state index contributed by atoms with van der Waals surface area (Å²) in [5.74, 6) is -0.322. The molecule has 3 aromatic rings. The monoisotopic (exact) mass is 699 g/mol. The van der Waals surface area contributed by atoms with E-state index in [1.165, 1.54) is 16.1 Å². The van der Waals surface area contributed by atoms with Crippen molar-refractivity contribution in [3.63, 3.8) is 0 Å². The summed E-state index contributed by atoms with van der Waals surface area (Å²) in [6.07, 6.45) is 1.80. The van der Waals surface area contributed by atoms with Crippen molar-refractivity contribution in [1.29, 1.82) is 0 Å². The largest absolute Gasteiger partial charge is 0.344 e. The summed E-state index contributed by atoms with van der Waals surface area (Å²) < 4.78 is 26.5. The molecular formula is C35H43Cl2N5O4S. The van der Waals surface area contributed by atoms with Crippen LogP contribution in [-0.4, -0.2) is 97.9 Å². The molecule has 1 fully saturated rings. The number of amides is 2.